The molecule has 6 heteroatoms. The number of allylic oxidation sites excluding steroid dienone is 1. The maximum atomic E-state index is 13.5. The third-order valence-electron chi connectivity index (χ3n) is 2.64. The maximum absolute atomic E-state index is 13.5. The van der Waals surface area contributed by atoms with Crippen molar-refractivity contribution in [3.05, 3.63) is 45.3 Å². The van der Waals surface area contributed by atoms with Crippen LogP contribution in [0, 0.1) is 5.82 Å². The molecule has 0 aliphatic heterocycles. The quantitative estimate of drug-likeness (QED) is 0.293. The summed E-state index contributed by atoms with van der Waals surface area (Å²) in [6.07, 6.45) is 0. The number of benzene rings is 1. The number of carbonyl (C=O) groups is 2. The minimum absolute atomic E-state index is 0.0864. The average Bonchev–Trinajstić information content (AvgIpc) is 2.42. The van der Waals surface area contributed by atoms with Crippen LogP contribution in [0.1, 0.15) is 24.2 Å². The molecule has 0 unspecified atom stereocenters. The fourth-order valence-corrected chi connectivity index (χ4v) is 1.77. The van der Waals surface area contributed by atoms with Crippen molar-refractivity contribution in [1.82, 2.24) is 5.32 Å². The molecule has 0 amide bonds. The monoisotopic (exact) mass is 343 g/mol. The fraction of sp³-hybridized carbons (Fsp3) is 0.286. The molecule has 0 aliphatic carbocycles. The van der Waals surface area contributed by atoms with Crippen LogP contribution in [-0.4, -0.2) is 25.4 Å². The predicted molar refractivity (Wildman–Crippen MR) is 76.8 cm³/mol. The van der Waals surface area contributed by atoms with Crippen LogP contribution in [0.5, 0.6) is 0 Å². The summed E-state index contributed by atoms with van der Waals surface area (Å²) in [5.41, 5.74) is 0.330. The van der Waals surface area contributed by atoms with E-state index in [0.717, 1.165) is 6.07 Å². The zero-order valence-corrected chi connectivity index (χ0v) is 13.0. The minimum Gasteiger partial charge on any atom is -0.462 e. The van der Waals surface area contributed by atoms with Gasteiger partial charge in [-0.1, -0.05) is 0 Å². The molecule has 0 atom stereocenters. The predicted octanol–water partition coefficient (Wildman–Crippen LogP) is 2.83. The van der Waals surface area contributed by atoms with Gasteiger partial charge < -0.3 is 10.1 Å². The Balaban J connectivity index is 3.24. The molecule has 1 aromatic rings. The van der Waals surface area contributed by atoms with Gasteiger partial charge in [-0.15, -0.1) is 0 Å². The SMILES string of the molecule is CCOC(=O)/C(C(=O)c1ccc(Br)c(F)c1)=C(\C)NC. The lowest BCUT2D eigenvalue weighted by molar-refractivity contribution is -0.138. The van der Waals surface area contributed by atoms with Crippen LogP contribution < -0.4 is 5.32 Å². The smallest absolute Gasteiger partial charge is 0.343 e. The topological polar surface area (TPSA) is 55.4 Å². The zero-order chi connectivity index (χ0) is 15.3. The molecule has 0 heterocycles. The summed E-state index contributed by atoms with van der Waals surface area (Å²) in [7, 11) is 1.59. The molecule has 108 valence electrons. The first-order valence-electron chi connectivity index (χ1n) is 5.97. The van der Waals surface area contributed by atoms with Gasteiger partial charge in [0.1, 0.15) is 11.4 Å². The molecule has 0 spiro atoms. The van der Waals surface area contributed by atoms with Crippen molar-refractivity contribution < 1.29 is 18.7 Å². The van der Waals surface area contributed by atoms with E-state index in [-0.39, 0.29) is 22.2 Å². The Morgan fingerprint density at radius 3 is 2.55 bits per heavy atom. The number of hydrogen-bond acceptors (Lipinski definition) is 4. The average molecular weight is 344 g/mol. The van der Waals surface area contributed by atoms with E-state index in [0.29, 0.717) is 5.70 Å². The van der Waals surface area contributed by atoms with E-state index >= 15 is 0 Å². The van der Waals surface area contributed by atoms with Crippen molar-refractivity contribution in [1.29, 1.82) is 0 Å². The lowest BCUT2D eigenvalue weighted by Crippen LogP contribution is -2.22. The second-order valence-corrected chi connectivity index (χ2v) is 4.78. The van der Waals surface area contributed by atoms with Crippen LogP contribution in [0.15, 0.2) is 33.9 Å². The third-order valence-corrected chi connectivity index (χ3v) is 3.28. The molecule has 0 bridgehead atoms. The van der Waals surface area contributed by atoms with E-state index in [9.17, 15) is 14.0 Å². The first-order valence-corrected chi connectivity index (χ1v) is 6.77. The van der Waals surface area contributed by atoms with Crippen molar-refractivity contribution in [3.63, 3.8) is 0 Å². The standard InChI is InChI=1S/C14H15BrFNO3/c1-4-20-14(19)12(8(2)17-3)13(18)9-5-6-10(15)11(16)7-9/h5-7,17H,4H2,1-3H3/b12-8+. The molecule has 0 fully saturated rings. The molecule has 0 aromatic heterocycles. The Bertz CT molecular complexity index is 570. The van der Waals surface area contributed by atoms with Crippen molar-refractivity contribution in [2.45, 2.75) is 13.8 Å². The lowest BCUT2D eigenvalue weighted by Gasteiger charge is -2.10. The number of halogens is 2. The number of esters is 1. The summed E-state index contributed by atoms with van der Waals surface area (Å²) in [6.45, 7) is 3.38. The first kappa shape index (κ1) is 16.4. The van der Waals surface area contributed by atoms with Crippen LogP contribution in [-0.2, 0) is 9.53 Å². The van der Waals surface area contributed by atoms with Gasteiger partial charge in [-0.25, -0.2) is 9.18 Å². The molecule has 1 rings (SSSR count). The van der Waals surface area contributed by atoms with E-state index < -0.39 is 17.6 Å². The van der Waals surface area contributed by atoms with E-state index in [1.54, 1.807) is 20.9 Å². The number of nitrogens with one attached hydrogen (secondary N) is 1. The summed E-state index contributed by atoms with van der Waals surface area (Å²) in [6, 6.07) is 3.94. The van der Waals surface area contributed by atoms with Crippen LogP contribution in [0.25, 0.3) is 0 Å². The van der Waals surface area contributed by atoms with E-state index in [1.807, 2.05) is 0 Å². The summed E-state index contributed by atoms with van der Waals surface area (Å²) in [5.74, 6) is -1.88. The normalized spacial score (nSPS) is 11.7. The second kappa shape index (κ2) is 7.19. The Morgan fingerprint density at radius 1 is 1.40 bits per heavy atom. The fourth-order valence-electron chi connectivity index (χ4n) is 1.53. The Morgan fingerprint density at radius 2 is 2.05 bits per heavy atom. The Labute approximate surface area is 125 Å². The minimum atomic E-state index is -0.729. The summed E-state index contributed by atoms with van der Waals surface area (Å²) in [5, 5.41) is 2.74. The molecule has 0 saturated carbocycles. The zero-order valence-electron chi connectivity index (χ0n) is 11.4. The van der Waals surface area contributed by atoms with Gasteiger partial charge in [-0.05, 0) is 48.0 Å². The van der Waals surface area contributed by atoms with E-state index in [1.165, 1.54) is 12.1 Å². The van der Waals surface area contributed by atoms with E-state index in [4.69, 9.17) is 4.74 Å². The number of ketones is 1. The first-order chi connectivity index (χ1) is 9.42. The molecule has 4 nitrogen and oxygen atoms in total. The largest absolute Gasteiger partial charge is 0.462 e. The highest BCUT2D eigenvalue weighted by atomic mass is 79.9. The molecular formula is C14H15BrFNO3. The number of rotatable bonds is 5. The number of hydrogen-bond donors (Lipinski definition) is 1. The highest BCUT2D eigenvalue weighted by Gasteiger charge is 2.24. The van der Waals surface area contributed by atoms with Gasteiger partial charge in [-0.2, -0.15) is 0 Å². The van der Waals surface area contributed by atoms with Crippen LogP contribution >= 0.6 is 15.9 Å². The van der Waals surface area contributed by atoms with Gasteiger partial charge in [0.2, 0.25) is 5.78 Å². The molecule has 20 heavy (non-hydrogen) atoms. The maximum Gasteiger partial charge on any atom is 0.343 e. The summed E-state index contributed by atoms with van der Waals surface area (Å²) in [4.78, 5) is 24.2. The molecular weight excluding hydrogens is 329 g/mol. The van der Waals surface area contributed by atoms with Gasteiger partial charge in [0.05, 0.1) is 11.1 Å². The second-order valence-electron chi connectivity index (χ2n) is 3.93. The molecule has 0 saturated heterocycles. The van der Waals surface area contributed by atoms with Crippen LogP contribution in [0.2, 0.25) is 0 Å². The molecule has 0 aliphatic rings. The molecule has 1 aromatic carbocycles. The number of carbonyl (C=O) groups excluding carboxylic acids is 2. The highest BCUT2D eigenvalue weighted by molar-refractivity contribution is 9.10. The Kier molecular flexibility index (Phi) is 5.88. The third kappa shape index (κ3) is 3.66. The highest BCUT2D eigenvalue weighted by Crippen LogP contribution is 2.19. The van der Waals surface area contributed by atoms with Gasteiger partial charge in [-0.3, -0.25) is 4.79 Å². The van der Waals surface area contributed by atoms with Crippen molar-refractivity contribution in [2.24, 2.45) is 0 Å². The number of Topliss-reactive ketones (excluding diaryl/α,β-unsaturated/α-hetero) is 1. The Hall–Kier alpha value is -1.69. The summed E-state index contributed by atoms with van der Waals surface area (Å²) >= 11 is 3.01. The van der Waals surface area contributed by atoms with Crippen LogP contribution in [0.4, 0.5) is 4.39 Å². The van der Waals surface area contributed by atoms with Crippen molar-refractivity contribution in [3.8, 4) is 0 Å². The lowest BCUT2D eigenvalue weighted by atomic mass is 10.0. The van der Waals surface area contributed by atoms with Gasteiger partial charge >= 0.3 is 5.97 Å². The van der Waals surface area contributed by atoms with Crippen molar-refractivity contribution >= 4 is 27.7 Å². The summed E-state index contributed by atoms with van der Waals surface area (Å²) < 4.78 is 18.6. The van der Waals surface area contributed by atoms with Gasteiger partial charge in [0.15, 0.2) is 0 Å². The van der Waals surface area contributed by atoms with Crippen molar-refractivity contribution in [2.75, 3.05) is 13.7 Å². The van der Waals surface area contributed by atoms with Crippen LogP contribution in [0.3, 0.4) is 0 Å². The van der Waals surface area contributed by atoms with Gasteiger partial charge in [0, 0.05) is 18.3 Å². The molecule has 1 N–H and O–H groups in total. The van der Waals surface area contributed by atoms with Gasteiger partial charge in [0.25, 0.3) is 0 Å². The number of ether oxygens (including phenoxy) is 1. The molecule has 0 radical (unpaired) electrons. The van der Waals surface area contributed by atoms with E-state index in [2.05, 4.69) is 21.2 Å².